The highest BCUT2D eigenvalue weighted by atomic mass is 32.1. The molecule has 0 saturated heterocycles. The van der Waals surface area contributed by atoms with E-state index >= 15 is 0 Å². The van der Waals surface area contributed by atoms with Crippen LogP contribution in [-0.2, 0) is 9.53 Å². The van der Waals surface area contributed by atoms with Crippen molar-refractivity contribution in [1.82, 2.24) is 10.2 Å². The zero-order valence-electron chi connectivity index (χ0n) is 13.3. The van der Waals surface area contributed by atoms with E-state index in [0.717, 1.165) is 0 Å². The molecule has 0 fully saturated rings. The topological polar surface area (TPSA) is 84.7 Å². The van der Waals surface area contributed by atoms with Gasteiger partial charge in [-0.3, -0.25) is 10.1 Å². The van der Waals surface area contributed by atoms with Gasteiger partial charge in [0.25, 0.3) is 5.69 Å². The fourth-order valence-corrected chi connectivity index (χ4v) is 2.61. The van der Waals surface area contributed by atoms with Crippen molar-refractivity contribution in [3.63, 3.8) is 0 Å². The molecule has 1 aromatic rings. The van der Waals surface area contributed by atoms with E-state index < -0.39 is 16.9 Å². The van der Waals surface area contributed by atoms with Crippen molar-refractivity contribution in [2.24, 2.45) is 0 Å². The fourth-order valence-electron chi connectivity index (χ4n) is 2.35. The second kappa shape index (κ2) is 7.22. The van der Waals surface area contributed by atoms with Crippen LogP contribution in [0.25, 0.3) is 0 Å². The number of hydrogen-bond acceptors (Lipinski definition) is 5. The summed E-state index contributed by atoms with van der Waals surface area (Å²) >= 11 is 5.28. The van der Waals surface area contributed by atoms with Crippen LogP contribution in [0.3, 0.4) is 0 Å². The van der Waals surface area contributed by atoms with Crippen LogP contribution < -0.4 is 5.32 Å². The Balaban J connectivity index is 2.44. The molecule has 2 rings (SSSR count). The highest BCUT2D eigenvalue weighted by molar-refractivity contribution is 7.80. The summed E-state index contributed by atoms with van der Waals surface area (Å²) < 4.78 is 5.17. The minimum absolute atomic E-state index is 0.0225. The Morgan fingerprint density at radius 2 is 2.12 bits per heavy atom. The summed E-state index contributed by atoms with van der Waals surface area (Å²) in [7, 11) is 1.75. The van der Waals surface area contributed by atoms with Gasteiger partial charge in [-0.15, -0.1) is 0 Å². The average molecular weight is 347 g/mol. The van der Waals surface area contributed by atoms with Gasteiger partial charge < -0.3 is 15.0 Å². The standard InChI is InChI=1S/C16H17N3O4S/c1-4-9-23-15(20)13-10(2)18(3)16(24)17-14(13)11-5-7-12(8-6-11)19(21)22/h4-8,14H,1,9H2,2-3H3,(H,17,24). The summed E-state index contributed by atoms with van der Waals surface area (Å²) in [4.78, 5) is 24.4. The van der Waals surface area contributed by atoms with Gasteiger partial charge in [-0.1, -0.05) is 12.7 Å². The van der Waals surface area contributed by atoms with Crippen LogP contribution in [0.2, 0.25) is 0 Å². The zero-order chi connectivity index (χ0) is 17.9. The Hall–Kier alpha value is -2.74. The number of nitro benzene ring substituents is 1. The maximum Gasteiger partial charge on any atom is 0.338 e. The largest absolute Gasteiger partial charge is 0.458 e. The Kier molecular flexibility index (Phi) is 5.30. The van der Waals surface area contributed by atoms with Gasteiger partial charge in [0.2, 0.25) is 0 Å². The second-order valence-electron chi connectivity index (χ2n) is 5.18. The third-order valence-electron chi connectivity index (χ3n) is 3.74. The molecular weight excluding hydrogens is 330 g/mol. The Morgan fingerprint density at radius 1 is 1.50 bits per heavy atom. The van der Waals surface area contributed by atoms with E-state index in [-0.39, 0.29) is 12.3 Å². The average Bonchev–Trinajstić information content (AvgIpc) is 2.57. The highest BCUT2D eigenvalue weighted by Gasteiger charge is 2.33. The van der Waals surface area contributed by atoms with Gasteiger partial charge in [0, 0.05) is 24.9 Å². The number of benzene rings is 1. The number of non-ortho nitro benzene ring substituents is 1. The Labute approximate surface area is 144 Å². The first-order valence-corrected chi connectivity index (χ1v) is 7.55. The summed E-state index contributed by atoms with van der Waals surface area (Å²) in [5.41, 5.74) is 1.73. The van der Waals surface area contributed by atoms with Gasteiger partial charge in [0.05, 0.1) is 16.5 Å². The second-order valence-corrected chi connectivity index (χ2v) is 5.56. The predicted molar refractivity (Wildman–Crippen MR) is 93.2 cm³/mol. The number of thiocarbonyl (C=S) groups is 1. The van der Waals surface area contributed by atoms with E-state index in [1.807, 2.05) is 0 Å². The first-order valence-electron chi connectivity index (χ1n) is 7.14. The van der Waals surface area contributed by atoms with Crippen LogP contribution in [0, 0.1) is 10.1 Å². The van der Waals surface area contributed by atoms with Crippen molar-refractivity contribution < 1.29 is 14.5 Å². The fraction of sp³-hybridized carbons (Fsp3) is 0.250. The minimum atomic E-state index is -0.535. The summed E-state index contributed by atoms with van der Waals surface area (Å²) in [5, 5.41) is 14.3. The third-order valence-corrected chi connectivity index (χ3v) is 4.14. The van der Waals surface area contributed by atoms with Crippen molar-refractivity contribution in [3.05, 3.63) is 63.9 Å². The van der Waals surface area contributed by atoms with Gasteiger partial charge in [0.1, 0.15) is 6.61 Å². The van der Waals surface area contributed by atoms with E-state index in [9.17, 15) is 14.9 Å². The molecule has 0 aliphatic carbocycles. The van der Waals surface area contributed by atoms with Crippen LogP contribution in [0.5, 0.6) is 0 Å². The molecule has 1 aliphatic rings. The molecule has 0 bridgehead atoms. The van der Waals surface area contributed by atoms with Gasteiger partial charge in [0.15, 0.2) is 5.11 Å². The summed E-state index contributed by atoms with van der Waals surface area (Å²) in [6, 6.07) is 5.43. The Morgan fingerprint density at radius 3 is 2.67 bits per heavy atom. The molecule has 1 unspecified atom stereocenters. The molecule has 0 amide bonds. The van der Waals surface area contributed by atoms with E-state index in [4.69, 9.17) is 17.0 Å². The normalized spacial score (nSPS) is 17.3. The number of nitrogens with one attached hydrogen (secondary N) is 1. The van der Waals surface area contributed by atoms with Crippen LogP contribution in [-0.4, -0.2) is 34.6 Å². The lowest BCUT2D eigenvalue weighted by atomic mass is 9.95. The molecule has 0 aromatic heterocycles. The van der Waals surface area contributed by atoms with Crippen molar-refractivity contribution in [1.29, 1.82) is 0 Å². The first kappa shape index (κ1) is 17.6. The maximum absolute atomic E-state index is 12.4. The number of ether oxygens (including phenoxy) is 1. The van der Waals surface area contributed by atoms with Crippen LogP contribution in [0.15, 0.2) is 48.2 Å². The maximum atomic E-state index is 12.4. The highest BCUT2D eigenvalue weighted by Crippen LogP contribution is 2.31. The van der Waals surface area contributed by atoms with Crippen molar-refractivity contribution in [2.45, 2.75) is 13.0 Å². The van der Waals surface area contributed by atoms with Crippen LogP contribution in [0.4, 0.5) is 5.69 Å². The number of nitrogens with zero attached hydrogens (tertiary/aromatic N) is 2. The monoisotopic (exact) mass is 347 g/mol. The number of carbonyl (C=O) groups is 1. The number of hydrogen-bond donors (Lipinski definition) is 1. The van der Waals surface area contributed by atoms with Crippen molar-refractivity contribution >= 4 is 29.0 Å². The quantitative estimate of drug-likeness (QED) is 0.288. The molecule has 0 spiro atoms. The molecule has 1 atom stereocenters. The van der Waals surface area contributed by atoms with Crippen molar-refractivity contribution in [2.75, 3.05) is 13.7 Å². The van der Waals surface area contributed by atoms with E-state index in [0.29, 0.717) is 21.9 Å². The summed E-state index contributed by atoms with van der Waals surface area (Å²) in [6.45, 7) is 5.39. The molecule has 0 radical (unpaired) electrons. The molecule has 126 valence electrons. The number of allylic oxidation sites excluding steroid dienone is 1. The number of nitro groups is 1. The van der Waals surface area contributed by atoms with E-state index in [1.54, 1.807) is 31.0 Å². The lowest BCUT2D eigenvalue weighted by Gasteiger charge is -2.35. The molecule has 1 N–H and O–H groups in total. The third kappa shape index (κ3) is 3.43. The smallest absolute Gasteiger partial charge is 0.338 e. The molecule has 24 heavy (non-hydrogen) atoms. The molecule has 0 saturated carbocycles. The zero-order valence-corrected chi connectivity index (χ0v) is 14.1. The molecular formula is C16H17N3O4S. The lowest BCUT2D eigenvalue weighted by molar-refractivity contribution is -0.384. The molecule has 8 heteroatoms. The molecule has 1 aliphatic heterocycles. The number of carbonyl (C=O) groups excluding carboxylic acids is 1. The SMILES string of the molecule is C=CCOC(=O)C1=C(C)N(C)C(=S)NC1c1ccc([N+](=O)[O-])cc1. The summed E-state index contributed by atoms with van der Waals surface area (Å²) in [6.07, 6.45) is 1.49. The minimum Gasteiger partial charge on any atom is -0.458 e. The van der Waals surface area contributed by atoms with Crippen LogP contribution in [0.1, 0.15) is 18.5 Å². The van der Waals surface area contributed by atoms with Gasteiger partial charge in [-0.25, -0.2) is 4.79 Å². The van der Waals surface area contributed by atoms with Crippen molar-refractivity contribution in [3.8, 4) is 0 Å². The van der Waals surface area contributed by atoms with Crippen LogP contribution >= 0.6 is 12.2 Å². The lowest BCUT2D eigenvalue weighted by Crippen LogP contribution is -2.46. The first-order chi connectivity index (χ1) is 11.4. The van der Waals surface area contributed by atoms with Gasteiger partial charge in [-0.05, 0) is 36.8 Å². The molecule has 7 nitrogen and oxygen atoms in total. The van der Waals surface area contributed by atoms with Gasteiger partial charge in [-0.2, -0.15) is 0 Å². The van der Waals surface area contributed by atoms with Gasteiger partial charge >= 0.3 is 5.97 Å². The van der Waals surface area contributed by atoms with E-state index in [2.05, 4.69) is 11.9 Å². The molecule has 1 aromatic carbocycles. The van der Waals surface area contributed by atoms with E-state index in [1.165, 1.54) is 18.2 Å². The number of rotatable bonds is 5. The summed E-state index contributed by atoms with van der Waals surface area (Å²) in [5.74, 6) is -0.488. The molecule has 1 heterocycles. The predicted octanol–water partition coefficient (Wildman–Crippen LogP) is 2.46. The Bertz CT molecular complexity index is 727. The number of esters is 1.